The summed E-state index contributed by atoms with van der Waals surface area (Å²) in [5, 5.41) is 4.01. The largest absolute Gasteiger partial charge is 0.497 e. The Balaban J connectivity index is 2.32. The highest BCUT2D eigenvalue weighted by Gasteiger charge is 2.17. The molecule has 0 aliphatic heterocycles. The lowest BCUT2D eigenvalue weighted by molar-refractivity contribution is 0.104. The molecule has 0 N–H and O–H groups in total. The van der Waals surface area contributed by atoms with Gasteiger partial charge in [-0.3, -0.25) is 4.79 Å². The van der Waals surface area contributed by atoms with Gasteiger partial charge in [-0.25, -0.2) is 0 Å². The summed E-state index contributed by atoms with van der Waals surface area (Å²) < 4.78 is 8.99. The van der Waals surface area contributed by atoms with E-state index >= 15 is 0 Å². The fourth-order valence-corrected chi connectivity index (χ4v) is 2.35. The molecule has 0 amide bonds. The summed E-state index contributed by atoms with van der Waals surface area (Å²) in [6.07, 6.45) is 1.73. The monoisotopic (exact) mass is 262 g/mol. The first-order valence-corrected chi connectivity index (χ1v) is 6.53. The van der Waals surface area contributed by atoms with Crippen molar-refractivity contribution in [3.63, 3.8) is 0 Å². The van der Waals surface area contributed by atoms with Crippen molar-refractivity contribution in [1.29, 1.82) is 0 Å². The van der Waals surface area contributed by atoms with Gasteiger partial charge in [0.1, 0.15) is 10.6 Å². The van der Waals surface area contributed by atoms with E-state index in [9.17, 15) is 4.79 Å². The molecule has 5 heteroatoms. The van der Waals surface area contributed by atoms with Gasteiger partial charge >= 0.3 is 0 Å². The average molecular weight is 262 g/mol. The van der Waals surface area contributed by atoms with Crippen LogP contribution in [0.3, 0.4) is 0 Å². The Morgan fingerprint density at radius 3 is 3.00 bits per heavy atom. The highest BCUT2D eigenvalue weighted by atomic mass is 32.1. The van der Waals surface area contributed by atoms with Crippen LogP contribution in [0.2, 0.25) is 0 Å². The number of benzene rings is 1. The lowest BCUT2D eigenvalue weighted by Crippen LogP contribution is -2.03. The zero-order valence-electron chi connectivity index (χ0n) is 10.3. The molecule has 94 valence electrons. The number of rotatable bonds is 5. The van der Waals surface area contributed by atoms with Crippen molar-refractivity contribution < 1.29 is 9.53 Å². The Morgan fingerprint density at radius 1 is 1.44 bits per heavy atom. The quantitative estimate of drug-likeness (QED) is 0.777. The Bertz CT molecular complexity index is 551. The number of nitrogens with zero attached hydrogens (tertiary/aromatic N) is 2. The van der Waals surface area contributed by atoms with Gasteiger partial charge in [-0.15, -0.1) is 5.10 Å². The Kier molecular flexibility index (Phi) is 4.04. The lowest BCUT2D eigenvalue weighted by Gasteiger charge is -2.03. The van der Waals surface area contributed by atoms with Crippen LogP contribution in [0, 0.1) is 0 Å². The van der Waals surface area contributed by atoms with Crippen LogP contribution in [0.4, 0.5) is 0 Å². The van der Waals surface area contributed by atoms with E-state index in [1.54, 1.807) is 25.3 Å². The van der Waals surface area contributed by atoms with Gasteiger partial charge in [-0.1, -0.05) is 30.0 Å². The van der Waals surface area contributed by atoms with Crippen molar-refractivity contribution in [3.8, 4) is 5.75 Å². The number of methoxy groups -OCH3 is 1. The summed E-state index contributed by atoms with van der Waals surface area (Å²) in [4.78, 5) is 13.0. The van der Waals surface area contributed by atoms with Crippen LogP contribution in [-0.2, 0) is 6.42 Å². The van der Waals surface area contributed by atoms with Crippen LogP contribution in [-0.4, -0.2) is 22.5 Å². The maximum atomic E-state index is 12.3. The van der Waals surface area contributed by atoms with Crippen molar-refractivity contribution in [2.75, 3.05) is 7.11 Å². The number of carbonyl (C=O) groups excluding carboxylic acids is 1. The number of hydrogen-bond acceptors (Lipinski definition) is 5. The molecule has 0 aliphatic carbocycles. The van der Waals surface area contributed by atoms with Crippen LogP contribution in [0.15, 0.2) is 24.3 Å². The molecule has 1 heterocycles. The first kappa shape index (κ1) is 12.7. The van der Waals surface area contributed by atoms with Gasteiger partial charge < -0.3 is 4.74 Å². The molecule has 1 aromatic heterocycles. The van der Waals surface area contributed by atoms with Crippen molar-refractivity contribution in [2.45, 2.75) is 19.8 Å². The summed E-state index contributed by atoms with van der Waals surface area (Å²) in [6, 6.07) is 7.13. The van der Waals surface area contributed by atoms with E-state index in [1.807, 2.05) is 6.07 Å². The molecule has 1 aromatic carbocycles. The van der Waals surface area contributed by atoms with E-state index in [0.717, 1.165) is 30.1 Å². The summed E-state index contributed by atoms with van der Waals surface area (Å²) in [6.45, 7) is 2.05. The van der Waals surface area contributed by atoms with E-state index in [2.05, 4.69) is 16.5 Å². The number of aryl methyl sites for hydroxylation is 1. The molecule has 0 spiro atoms. The van der Waals surface area contributed by atoms with E-state index < -0.39 is 0 Å². The topological polar surface area (TPSA) is 52.1 Å². The molecule has 0 saturated heterocycles. The first-order valence-electron chi connectivity index (χ1n) is 5.76. The number of ether oxygens (including phenoxy) is 1. The summed E-state index contributed by atoms with van der Waals surface area (Å²) in [5.74, 6) is 0.641. The van der Waals surface area contributed by atoms with Crippen LogP contribution in [0.1, 0.15) is 34.3 Å². The maximum Gasteiger partial charge on any atom is 0.206 e. The lowest BCUT2D eigenvalue weighted by atomic mass is 10.1. The smallest absolute Gasteiger partial charge is 0.206 e. The first-order chi connectivity index (χ1) is 8.76. The number of aromatic nitrogens is 2. The van der Waals surface area contributed by atoms with Crippen LogP contribution in [0.5, 0.6) is 5.75 Å². The van der Waals surface area contributed by atoms with Gasteiger partial charge in [0, 0.05) is 5.56 Å². The normalized spacial score (nSPS) is 10.3. The van der Waals surface area contributed by atoms with E-state index in [-0.39, 0.29) is 5.78 Å². The van der Waals surface area contributed by atoms with Gasteiger partial charge in [0.15, 0.2) is 0 Å². The highest BCUT2D eigenvalue weighted by Crippen LogP contribution is 2.20. The molecule has 0 saturated carbocycles. The third-order valence-electron chi connectivity index (χ3n) is 2.58. The second-order valence-electron chi connectivity index (χ2n) is 3.86. The van der Waals surface area contributed by atoms with Crippen molar-refractivity contribution in [2.24, 2.45) is 0 Å². The standard InChI is InChI=1S/C13H14N2O2S/c1-3-5-11-13(18-15-14-11)12(16)9-6-4-7-10(8-9)17-2/h4,6-8H,3,5H2,1-2H3. The van der Waals surface area contributed by atoms with Gasteiger partial charge in [0.2, 0.25) is 5.78 Å². The molecular weight excluding hydrogens is 248 g/mol. The SMILES string of the molecule is CCCc1nnsc1C(=O)c1cccc(OC)c1. The Labute approximate surface area is 110 Å². The van der Waals surface area contributed by atoms with E-state index in [1.165, 1.54) is 0 Å². The van der Waals surface area contributed by atoms with E-state index in [4.69, 9.17) is 4.74 Å². The third kappa shape index (κ3) is 2.56. The molecular formula is C13H14N2O2S. The zero-order chi connectivity index (χ0) is 13.0. The highest BCUT2D eigenvalue weighted by molar-refractivity contribution is 7.08. The fraction of sp³-hybridized carbons (Fsp3) is 0.308. The minimum atomic E-state index is -0.0349. The molecule has 0 fully saturated rings. The number of carbonyl (C=O) groups is 1. The molecule has 0 bridgehead atoms. The molecule has 18 heavy (non-hydrogen) atoms. The second-order valence-corrected chi connectivity index (χ2v) is 4.61. The fourth-order valence-electron chi connectivity index (χ4n) is 1.68. The minimum absolute atomic E-state index is 0.0349. The molecule has 0 radical (unpaired) electrons. The molecule has 2 aromatic rings. The third-order valence-corrected chi connectivity index (χ3v) is 3.35. The zero-order valence-corrected chi connectivity index (χ0v) is 11.2. The summed E-state index contributed by atoms with van der Waals surface area (Å²) in [7, 11) is 1.58. The Hall–Kier alpha value is -1.75. The van der Waals surface area contributed by atoms with E-state index in [0.29, 0.717) is 16.2 Å². The predicted molar refractivity (Wildman–Crippen MR) is 70.3 cm³/mol. The Morgan fingerprint density at radius 2 is 2.28 bits per heavy atom. The number of ketones is 1. The molecule has 0 atom stereocenters. The van der Waals surface area contributed by atoms with Crippen LogP contribution < -0.4 is 4.74 Å². The average Bonchev–Trinajstić information content (AvgIpc) is 2.86. The van der Waals surface area contributed by atoms with Gasteiger partial charge in [-0.2, -0.15) is 0 Å². The van der Waals surface area contributed by atoms with Crippen molar-refractivity contribution in [1.82, 2.24) is 9.59 Å². The van der Waals surface area contributed by atoms with Gasteiger partial charge in [0.05, 0.1) is 12.8 Å². The molecule has 4 nitrogen and oxygen atoms in total. The van der Waals surface area contributed by atoms with Gasteiger partial charge in [-0.05, 0) is 30.1 Å². The van der Waals surface area contributed by atoms with Crippen molar-refractivity contribution in [3.05, 3.63) is 40.4 Å². The summed E-state index contributed by atoms with van der Waals surface area (Å²) in [5.41, 5.74) is 1.40. The molecule has 0 aliphatic rings. The maximum absolute atomic E-state index is 12.3. The number of hydrogen-bond donors (Lipinski definition) is 0. The van der Waals surface area contributed by atoms with Crippen LogP contribution >= 0.6 is 11.5 Å². The summed E-state index contributed by atoms with van der Waals surface area (Å²) >= 11 is 1.15. The molecule has 2 rings (SSSR count). The van der Waals surface area contributed by atoms with Crippen molar-refractivity contribution >= 4 is 17.3 Å². The molecule has 0 unspecified atom stereocenters. The minimum Gasteiger partial charge on any atom is -0.497 e. The predicted octanol–water partition coefficient (Wildman–Crippen LogP) is 2.73. The van der Waals surface area contributed by atoms with Crippen LogP contribution in [0.25, 0.3) is 0 Å². The van der Waals surface area contributed by atoms with Gasteiger partial charge in [0.25, 0.3) is 0 Å². The second kappa shape index (κ2) is 5.73.